The summed E-state index contributed by atoms with van der Waals surface area (Å²) in [6.45, 7) is 0.265. The first-order valence-electron chi connectivity index (χ1n) is 7.83. The lowest BCUT2D eigenvalue weighted by Crippen LogP contribution is -2.36. The Labute approximate surface area is 140 Å². The zero-order valence-electron chi connectivity index (χ0n) is 13.8. The van der Waals surface area contributed by atoms with Crippen LogP contribution in [0.4, 0.5) is 0 Å². The summed E-state index contributed by atoms with van der Waals surface area (Å²) in [7, 11) is 0. The van der Waals surface area contributed by atoms with Gasteiger partial charge in [0.15, 0.2) is 11.6 Å². The first-order valence-corrected chi connectivity index (χ1v) is 7.83. The third-order valence-corrected chi connectivity index (χ3v) is 3.74. The highest BCUT2D eigenvalue weighted by atomic mass is 16.3. The van der Waals surface area contributed by atoms with E-state index in [-0.39, 0.29) is 37.2 Å². The van der Waals surface area contributed by atoms with E-state index in [1.165, 1.54) is 0 Å². The molecular weight excluding hydrogens is 316 g/mol. The summed E-state index contributed by atoms with van der Waals surface area (Å²) in [6.07, 6.45) is 1.31. The van der Waals surface area contributed by atoms with Crippen LogP contribution in [0, 0.1) is 12.3 Å². The van der Waals surface area contributed by atoms with Crippen molar-refractivity contribution >= 4 is 11.6 Å². The quantitative estimate of drug-likeness (QED) is 0.443. The van der Waals surface area contributed by atoms with Gasteiger partial charge in [0, 0.05) is 37.5 Å². The van der Waals surface area contributed by atoms with Crippen molar-refractivity contribution in [2.24, 2.45) is 5.41 Å². The first-order chi connectivity index (χ1) is 11.4. The molecule has 0 aliphatic rings. The van der Waals surface area contributed by atoms with Gasteiger partial charge in [-0.25, -0.2) is 0 Å². The first kappa shape index (κ1) is 20.2. The molecule has 1 aromatic rings. The normalized spacial score (nSPS) is 11.5. The number of aliphatic hydroxyl groups is 3. The van der Waals surface area contributed by atoms with Gasteiger partial charge in [0.05, 0.1) is 19.8 Å². The van der Waals surface area contributed by atoms with Crippen molar-refractivity contribution in [3.8, 4) is 0 Å². The zero-order valence-corrected chi connectivity index (χ0v) is 13.8. The minimum absolute atomic E-state index is 0.00953. The Kier molecular flexibility index (Phi) is 8.51. The van der Waals surface area contributed by atoms with Crippen LogP contribution in [0.25, 0.3) is 0 Å². The molecule has 0 spiro atoms. The topological polar surface area (TPSA) is 146 Å². The molecular formula is C15H24N4O5. The molecule has 0 bridgehead atoms. The van der Waals surface area contributed by atoms with Crippen molar-refractivity contribution in [1.29, 1.82) is 0 Å². The number of hydrogen-bond acceptors (Lipinski definition) is 9. The van der Waals surface area contributed by atoms with E-state index >= 15 is 0 Å². The van der Waals surface area contributed by atoms with Gasteiger partial charge in [-0.15, -0.1) is 20.4 Å². The Balaban J connectivity index is 2.27. The number of rotatable bonds is 12. The van der Waals surface area contributed by atoms with E-state index in [0.717, 1.165) is 0 Å². The van der Waals surface area contributed by atoms with Gasteiger partial charge in [0.2, 0.25) is 0 Å². The van der Waals surface area contributed by atoms with Crippen LogP contribution in [-0.4, -0.2) is 67.1 Å². The number of aromatic nitrogens is 4. The predicted octanol–water partition coefficient (Wildman–Crippen LogP) is -0.830. The molecule has 0 radical (unpaired) electrons. The van der Waals surface area contributed by atoms with E-state index in [0.29, 0.717) is 24.5 Å². The molecule has 1 heterocycles. The highest BCUT2D eigenvalue weighted by molar-refractivity contribution is 5.81. The largest absolute Gasteiger partial charge is 0.396 e. The summed E-state index contributed by atoms with van der Waals surface area (Å²) in [5.41, 5.74) is -1.19. The molecule has 0 aliphatic carbocycles. The third-order valence-electron chi connectivity index (χ3n) is 3.74. The fourth-order valence-electron chi connectivity index (χ4n) is 2.08. The Morgan fingerprint density at radius 3 is 1.96 bits per heavy atom. The van der Waals surface area contributed by atoms with Crippen molar-refractivity contribution in [3.05, 3.63) is 11.6 Å². The summed E-state index contributed by atoms with van der Waals surface area (Å²) in [6, 6.07) is 0. The Hall–Kier alpha value is -1.84. The van der Waals surface area contributed by atoms with E-state index in [1.54, 1.807) is 6.92 Å². The van der Waals surface area contributed by atoms with Gasteiger partial charge in [-0.05, 0) is 13.3 Å². The van der Waals surface area contributed by atoms with Crippen LogP contribution in [0.1, 0.15) is 43.8 Å². The van der Waals surface area contributed by atoms with Gasteiger partial charge in [-0.2, -0.15) is 0 Å². The zero-order chi connectivity index (χ0) is 18.0. The molecule has 1 aromatic heterocycles. The summed E-state index contributed by atoms with van der Waals surface area (Å²) < 4.78 is 0. The van der Waals surface area contributed by atoms with Gasteiger partial charge in [0.1, 0.15) is 11.6 Å². The van der Waals surface area contributed by atoms with Gasteiger partial charge in [-0.1, -0.05) is 0 Å². The Morgan fingerprint density at radius 1 is 0.875 bits per heavy atom. The molecule has 0 unspecified atom stereocenters. The van der Waals surface area contributed by atoms with Gasteiger partial charge < -0.3 is 15.3 Å². The molecule has 0 saturated heterocycles. The number of carbonyl (C=O) groups excluding carboxylic acids is 2. The summed E-state index contributed by atoms with van der Waals surface area (Å²) in [4.78, 5) is 23.6. The van der Waals surface area contributed by atoms with Crippen molar-refractivity contribution in [2.45, 2.75) is 45.4 Å². The number of aliphatic hydroxyl groups excluding tert-OH is 3. The number of ketones is 2. The minimum atomic E-state index is -1.19. The predicted molar refractivity (Wildman–Crippen MR) is 82.9 cm³/mol. The van der Waals surface area contributed by atoms with E-state index in [4.69, 9.17) is 0 Å². The molecule has 0 atom stereocenters. The monoisotopic (exact) mass is 340 g/mol. The summed E-state index contributed by atoms with van der Waals surface area (Å²) in [5.74, 6) is 0.664. The molecule has 0 saturated carbocycles. The number of carbonyl (C=O) groups is 2. The van der Waals surface area contributed by atoms with Crippen molar-refractivity contribution in [3.63, 3.8) is 0 Å². The second kappa shape index (κ2) is 10.1. The Morgan fingerprint density at radius 2 is 1.42 bits per heavy atom. The smallest absolute Gasteiger partial charge is 0.173 e. The van der Waals surface area contributed by atoms with Crippen LogP contribution in [-0.2, 0) is 16.0 Å². The molecule has 0 aliphatic heterocycles. The van der Waals surface area contributed by atoms with Crippen molar-refractivity contribution < 1.29 is 24.9 Å². The maximum absolute atomic E-state index is 11.8. The molecule has 0 amide bonds. The molecule has 24 heavy (non-hydrogen) atoms. The van der Waals surface area contributed by atoms with Gasteiger partial charge in [0.25, 0.3) is 0 Å². The van der Waals surface area contributed by atoms with Crippen LogP contribution in [0.3, 0.4) is 0 Å². The Bertz CT molecular complexity index is 523. The van der Waals surface area contributed by atoms with Crippen molar-refractivity contribution in [2.75, 3.05) is 19.8 Å². The number of Topliss-reactive ketones (excluding diaryl/α,β-unsaturated/α-hetero) is 2. The lowest BCUT2D eigenvalue weighted by Gasteiger charge is -2.26. The highest BCUT2D eigenvalue weighted by Crippen LogP contribution is 2.21. The second-order valence-corrected chi connectivity index (χ2v) is 5.95. The van der Waals surface area contributed by atoms with E-state index in [1.807, 2.05) is 0 Å². The SMILES string of the molecule is Cc1nnc(CCC(=O)CCCC(=O)CC(CO)(CO)CO)nn1. The third kappa shape index (κ3) is 6.73. The van der Waals surface area contributed by atoms with Crippen LogP contribution >= 0.6 is 0 Å². The number of aryl methyl sites for hydroxylation is 2. The molecule has 0 fully saturated rings. The lowest BCUT2D eigenvalue weighted by atomic mass is 9.84. The molecule has 1 rings (SSSR count). The van der Waals surface area contributed by atoms with Crippen LogP contribution in [0.5, 0.6) is 0 Å². The lowest BCUT2D eigenvalue weighted by molar-refractivity contribution is -0.125. The second-order valence-electron chi connectivity index (χ2n) is 5.95. The average Bonchev–Trinajstić information content (AvgIpc) is 2.59. The van der Waals surface area contributed by atoms with E-state index in [2.05, 4.69) is 20.4 Å². The van der Waals surface area contributed by atoms with Crippen LogP contribution in [0.2, 0.25) is 0 Å². The maximum Gasteiger partial charge on any atom is 0.173 e. The molecule has 9 nitrogen and oxygen atoms in total. The molecule has 3 N–H and O–H groups in total. The number of nitrogens with zero attached hydrogens (tertiary/aromatic N) is 4. The maximum atomic E-state index is 11.8. The minimum Gasteiger partial charge on any atom is -0.396 e. The molecule has 134 valence electrons. The summed E-state index contributed by atoms with van der Waals surface area (Å²) in [5, 5.41) is 42.7. The van der Waals surface area contributed by atoms with Crippen LogP contribution in [0.15, 0.2) is 0 Å². The van der Waals surface area contributed by atoms with Gasteiger partial charge in [-0.3, -0.25) is 9.59 Å². The molecule has 9 heteroatoms. The standard InChI is InChI=1S/C15H24N4O5/c1-11-16-18-14(19-17-11)6-5-12(23)3-2-4-13(24)7-15(8-20,9-21)10-22/h20-22H,2-10H2,1H3. The van der Waals surface area contributed by atoms with Crippen molar-refractivity contribution in [1.82, 2.24) is 20.4 Å². The fourth-order valence-corrected chi connectivity index (χ4v) is 2.08. The van der Waals surface area contributed by atoms with Crippen LogP contribution < -0.4 is 0 Å². The van der Waals surface area contributed by atoms with E-state index < -0.39 is 25.2 Å². The fraction of sp³-hybridized carbons (Fsp3) is 0.733. The average molecular weight is 340 g/mol. The highest BCUT2D eigenvalue weighted by Gasteiger charge is 2.30. The van der Waals surface area contributed by atoms with Gasteiger partial charge >= 0.3 is 0 Å². The van der Waals surface area contributed by atoms with E-state index in [9.17, 15) is 24.9 Å². The summed E-state index contributed by atoms with van der Waals surface area (Å²) >= 11 is 0. The number of hydrogen-bond donors (Lipinski definition) is 3. The molecule has 0 aromatic carbocycles.